The maximum Gasteiger partial charge on any atom is 0.308 e. The summed E-state index contributed by atoms with van der Waals surface area (Å²) in [7, 11) is 1.34. The van der Waals surface area contributed by atoms with Gasteiger partial charge in [0.05, 0.1) is 13.0 Å². The number of hydrogen-bond acceptors (Lipinski definition) is 3. The Bertz CT molecular complexity index is 629. The molecule has 0 spiro atoms. The standard InChI is InChI=1S/C19H20O3/c1-14(19(21)22-2)12-18(20)13-15-8-10-17(11-9-15)16-6-4-3-5-7-16/h3-11,14H,12-13H2,1-2H3. The van der Waals surface area contributed by atoms with Crippen LogP contribution in [0.1, 0.15) is 18.9 Å². The SMILES string of the molecule is COC(=O)C(C)CC(=O)Cc1ccc(-c2ccccc2)cc1. The largest absolute Gasteiger partial charge is 0.469 e. The van der Waals surface area contributed by atoms with Crippen molar-refractivity contribution in [1.82, 2.24) is 0 Å². The quantitative estimate of drug-likeness (QED) is 0.764. The molecule has 0 saturated carbocycles. The van der Waals surface area contributed by atoms with E-state index in [1.54, 1.807) is 6.92 Å². The van der Waals surface area contributed by atoms with Crippen LogP contribution in [0.15, 0.2) is 54.6 Å². The predicted octanol–water partition coefficient (Wildman–Crippen LogP) is 3.66. The summed E-state index contributed by atoms with van der Waals surface area (Å²) < 4.78 is 4.64. The zero-order valence-corrected chi connectivity index (χ0v) is 12.9. The Kier molecular flexibility index (Phi) is 5.48. The molecule has 2 aromatic carbocycles. The van der Waals surface area contributed by atoms with Crippen molar-refractivity contribution in [3.63, 3.8) is 0 Å². The third-order valence-electron chi connectivity index (χ3n) is 3.60. The van der Waals surface area contributed by atoms with Gasteiger partial charge >= 0.3 is 5.97 Å². The monoisotopic (exact) mass is 296 g/mol. The molecule has 1 atom stereocenters. The van der Waals surface area contributed by atoms with Crippen LogP contribution in [0.5, 0.6) is 0 Å². The third kappa shape index (κ3) is 4.29. The van der Waals surface area contributed by atoms with Crippen LogP contribution in [-0.4, -0.2) is 18.9 Å². The molecule has 2 rings (SSSR count). The van der Waals surface area contributed by atoms with E-state index in [0.29, 0.717) is 6.42 Å². The highest BCUT2D eigenvalue weighted by Gasteiger charge is 2.17. The number of ether oxygens (including phenoxy) is 1. The fraction of sp³-hybridized carbons (Fsp3) is 0.263. The molecule has 3 heteroatoms. The molecule has 0 aliphatic carbocycles. The van der Waals surface area contributed by atoms with Gasteiger partial charge in [-0.3, -0.25) is 9.59 Å². The van der Waals surface area contributed by atoms with Crippen molar-refractivity contribution in [2.75, 3.05) is 7.11 Å². The summed E-state index contributed by atoms with van der Waals surface area (Å²) in [5, 5.41) is 0. The van der Waals surface area contributed by atoms with Gasteiger partial charge in [0.1, 0.15) is 5.78 Å². The Hall–Kier alpha value is -2.42. The molecule has 0 bridgehead atoms. The molecular formula is C19H20O3. The van der Waals surface area contributed by atoms with Crippen LogP contribution in [0.3, 0.4) is 0 Å². The summed E-state index contributed by atoms with van der Waals surface area (Å²) in [6.07, 6.45) is 0.559. The highest BCUT2D eigenvalue weighted by molar-refractivity contribution is 5.85. The van der Waals surface area contributed by atoms with Crippen LogP contribution in [0.25, 0.3) is 11.1 Å². The molecule has 0 N–H and O–H groups in total. The first-order valence-corrected chi connectivity index (χ1v) is 7.34. The summed E-state index contributed by atoms with van der Waals surface area (Å²) in [5.41, 5.74) is 3.24. The maximum atomic E-state index is 12.0. The summed E-state index contributed by atoms with van der Waals surface area (Å²) >= 11 is 0. The summed E-state index contributed by atoms with van der Waals surface area (Å²) in [4.78, 5) is 23.3. The lowest BCUT2D eigenvalue weighted by atomic mass is 9.98. The highest BCUT2D eigenvalue weighted by atomic mass is 16.5. The maximum absolute atomic E-state index is 12.0. The van der Waals surface area contributed by atoms with E-state index in [-0.39, 0.29) is 24.1 Å². The first kappa shape index (κ1) is 16.0. The van der Waals surface area contributed by atoms with Gasteiger partial charge in [-0.1, -0.05) is 61.5 Å². The molecule has 1 unspecified atom stereocenters. The number of esters is 1. The Morgan fingerprint density at radius 2 is 1.55 bits per heavy atom. The highest BCUT2D eigenvalue weighted by Crippen LogP contribution is 2.19. The zero-order chi connectivity index (χ0) is 15.9. The lowest BCUT2D eigenvalue weighted by Gasteiger charge is -2.08. The van der Waals surface area contributed by atoms with Crippen molar-refractivity contribution >= 4 is 11.8 Å². The Morgan fingerprint density at radius 3 is 2.14 bits per heavy atom. The molecule has 0 aromatic heterocycles. The molecule has 0 saturated heterocycles. The van der Waals surface area contributed by atoms with Crippen LogP contribution in [0, 0.1) is 5.92 Å². The molecule has 22 heavy (non-hydrogen) atoms. The molecule has 0 fully saturated rings. The number of methoxy groups -OCH3 is 1. The molecule has 0 radical (unpaired) electrons. The zero-order valence-electron chi connectivity index (χ0n) is 12.9. The number of Topliss-reactive ketones (excluding diaryl/α,β-unsaturated/α-hetero) is 1. The smallest absolute Gasteiger partial charge is 0.308 e. The molecular weight excluding hydrogens is 276 g/mol. The number of hydrogen-bond donors (Lipinski definition) is 0. The normalized spacial score (nSPS) is 11.7. The summed E-state index contributed by atoms with van der Waals surface area (Å²) in [6.45, 7) is 1.71. The van der Waals surface area contributed by atoms with Crippen molar-refractivity contribution in [2.45, 2.75) is 19.8 Å². The summed E-state index contributed by atoms with van der Waals surface area (Å²) in [6, 6.07) is 18.0. The minimum absolute atomic E-state index is 0.0466. The number of benzene rings is 2. The number of carbonyl (C=O) groups excluding carboxylic acids is 2. The molecule has 114 valence electrons. The van der Waals surface area contributed by atoms with Crippen molar-refractivity contribution < 1.29 is 14.3 Å². The van der Waals surface area contributed by atoms with Gasteiger partial charge in [-0.15, -0.1) is 0 Å². The van der Waals surface area contributed by atoms with Gasteiger partial charge in [0.2, 0.25) is 0 Å². The Morgan fingerprint density at radius 1 is 0.955 bits per heavy atom. The van der Waals surface area contributed by atoms with Gasteiger partial charge in [-0.05, 0) is 16.7 Å². The second-order valence-electron chi connectivity index (χ2n) is 5.41. The molecule has 0 aliphatic heterocycles. The fourth-order valence-corrected chi connectivity index (χ4v) is 2.37. The van der Waals surface area contributed by atoms with E-state index in [2.05, 4.69) is 16.9 Å². The van der Waals surface area contributed by atoms with E-state index in [0.717, 1.165) is 16.7 Å². The Labute approximate surface area is 130 Å². The number of ketones is 1. The van der Waals surface area contributed by atoms with Crippen LogP contribution < -0.4 is 0 Å². The predicted molar refractivity (Wildman–Crippen MR) is 86.4 cm³/mol. The van der Waals surface area contributed by atoms with E-state index in [1.807, 2.05) is 42.5 Å². The van der Waals surface area contributed by atoms with Crippen molar-refractivity contribution in [3.05, 3.63) is 60.2 Å². The van der Waals surface area contributed by atoms with Gasteiger partial charge in [0, 0.05) is 12.8 Å². The lowest BCUT2D eigenvalue weighted by Crippen LogP contribution is -2.17. The van der Waals surface area contributed by atoms with Gasteiger partial charge in [-0.25, -0.2) is 0 Å². The first-order chi connectivity index (χ1) is 10.6. The lowest BCUT2D eigenvalue weighted by molar-refractivity contribution is -0.146. The topological polar surface area (TPSA) is 43.4 Å². The molecule has 0 aliphatic rings. The summed E-state index contributed by atoms with van der Waals surface area (Å²) in [5.74, 6) is -0.681. The molecule has 0 heterocycles. The first-order valence-electron chi connectivity index (χ1n) is 7.34. The average molecular weight is 296 g/mol. The van der Waals surface area contributed by atoms with E-state index < -0.39 is 0 Å². The second-order valence-corrected chi connectivity index (χ2v) is 5.41. The fourth-order valence-electron chi connectivity index (χ4n) is 2.37. The van der Waals surface area contributed by atoms with Gasteiger partial charge in [-0.2, -0.15) is 0 Å². The van der Waals surface area contributed by atoms with E-state index >= 15 is 0 Å². The average Bonchev–Trinajstić information content (AvgIpc) is 2.55. The number of carbonyl (C=O) groups is 2. The van der Waals surface area contributed by atoms with Crippen molar-refractivity contribution in [2.24, 2.45) is 5.92 Å². The molecule has 2 aromatic rings. The second kappa shape index (κ2) is 7.55. The van der Waals surface area contributed by atoms with E-state index in [4.69, 9.17) is 0 Å². The van der Waals surface area contributed by atoms with Gasteiger partial charge in [0.25, 0.3) is 0 Å². The van der Waals surface area contributed by atoms with Crippen LogP contribution >= 0.6 is 0 Å². The van der Waals surface area contributed by atoms with Crippen molar-refractivity contribution in [1.29, 1.82) is 0 Å². The minimum atomic E-state index is -0.388. The van der Waals surface area contributed by atoms with Gasteiger partial charge in [0.15, 0.2) is 0 Å². The van der Waals surface area contributed by atoms with Crippen LogP contribution in [0.4, 0.5) is 0 Å². The molecule has 0 amide bonds. The minimum Gasteiger partial charge on any atom is -0.469 e. The Balaban J connectivity index is 1.97. The van der Waals surface area contributed by atoms with Crippen LogP contribution in [-0.2, 0) is 20.7 Å². The molecule has 3 nitrogen and oxygen atoms in total. The van der Waals surface area contributed by atoms with Crippen molar-refractivity contribution in [3.8, 4) is 11.1 Å². The van der Waals surface area contributed by atoms with E-state index in [9.17, 15) is 9.59 Å². The number of rotatable bonds is 6. The van der Waals surface area contributed by atoms with E-state index in [1.165, 1.54) is 7.11 Å². The van der Waals surface area contributed by atoms with Gasteiger partial charge < -0.3 is 4.74 Å². The van der Waals surface area contributed by atoms with Crippen LogP contribution in [0.2, 0.25) is 0 Å². The third-order valence-corrected chi connectivity index (χ3v) is 3.60.